The first-order chi connectivity index (χ1) is 18.5. The monoisotopic (exact) mass is 555 g/mol. The molecule has 1 aliphatic rings. The molecule has 1 fully saturated rings. The van der Waals surface area contributed by atoms with Crippen molar-refractivity contribution in [3.8, 4) is 11.5 Å². The molecule has 1 aliphatic heterocycles. The van der Waals surface area contributed by atoms with Crippen molar-refractivity contribution in [1.29, 1.82) is 0 Å². The third-order valence-corrected chi connectivity index (χ3v) is 7.30. The van der Waals surface area contributed by atoms with Crippen LogP contribution in [-0.4, -0.2) is 57.8 Å². The zero-order chi connectivity index (χ0) is 28.3. The van der Waals surface area contributed by atoms with Gasteiger partial charge in [0.2, 0.25) is 15.9 Å². The van der Waals surface area contributed by atoms with Crippen molar-refractivity contribution < 1.29 is 36.7 Å². The van der Waals surface area contributed by atoms with E-state index >= 15 is 0 Å². The summed E-state index contributed by atoms with van der Waals surface area (Å²) in [5.74, 6) is -1.48. The van der Waals surface area contributed by atoms with Crippen molar-refractivity contribution in [2.45, 2.75) is 23.8 Å². The Morgan fingerprint density at radius 2 is 1.64 bits per heavy atom. The number of halogens is 1. The lowest BCUT2D eigenvalue weighted by Gasteiger charge is -2.28. The lowest BCUT2D eigenvalue weighted by atomic mass is 10.1. The smallest absolute Gasteiger partial charge is 0.257 e. The molecule has 3 aromatic rings. The zero-order valence-corrected chi connectivity index (χ0v) is 22.0. The molecule has 3 aromatic carbocycles. The number of benzene rings is 3. The summed E-state index contributed by atoms with van der Waals surface area (Å²) in [6.45, 7) is 0.0306. The number of anilines is 1. The number of sulfonamides is 1. The third kappa shape index (κ3) is 5.91. The molecule has 4 rings (SSSR count). The lowest BCUT2D eigenvalue weighted by molar-refractivity contribution is -0.122. The maximum atomic E-state index is 13.7. The van der Waals surface area contributed by atoms with Gasteiger partial charge in [0.25, 0.3) is 11.8 Å². The van der Waals surface area contributed by atoms with Crippen LogP contribution in [-0.2, 0) is 26.0 Å². The number of nitrogens with two attached hydrogens (primary N) is 1. The van der Waals surface area contributed by atoms with Gasteiger partial charge < -0.3 is 14.4 Å². The molecule has 1 atom stereocenters. The lowest BCUT2D eigenvalue weighted by Crippen LogP contribution is -2.46. The van der Waals surface area contributed by atoms with Gasteiger partial charge in [0.05, 0.1) is 31.2 Å². The Bertz CT molecular complexity index is 1510. The summed E-state index contributed by atoms with van der Waals surface area (Å²) in [6.07, 6.45) is -0.0158. The Kier molecular flexibility index (Phi) is 7.98. The highest BCUT2D eigenvalue weighted by Gasteiger charge is 2.44. The van der Waals surface area contributed by atoms with Gasteiger partial charge in [-0.25, -0.2) is 22.8 Å². The second-order valence-electron chi connectivity index (χ2n) is 8.77. The molecule has 0 aliphatic carbocycles. The summed E-state index contributed by atoms with van der Waals surface area (Å²) in [7, 11) is -0.989. The number of hydrogen-bond acceptors (Lipinski definition) is 7. The van der Waals surface area contributed by atoms with Gasteiger partial charge in [-0.1, -0.05) is 12.1 Å². The van der Waals surface area contributed by atoms with Gasteiger partial charge in [0, 0.05) is 12.1 Å². The second-order valence-corrected chi connectivity index (χ2v) is 10.3. The van der Waals surface area contributed by atoms with Crippen LogP contribution in [0.1, 0.15) is 22.3 Å². The van der Waals surface area contributed by atoms with E-state index in [9.17, 15) is 27.2 Å². The van der Waals surface area contributed by atoms with Gasteiger partial charge in [-0.2, -0.15) is 0 Å². The maximum absolute atomic E-state index is 13.7. The summed E-state index contributed by atoms with van der Waals surface area (Å²) >= 11 is 0. The number of hydrogen-bond donors (Lipinski definition) is 1. The number of ether oxygens (including phenoxy) is 2. The van der Waals surface area contributed by atoms with E-state index in [1.54, 1.807) is 18.2 Å². The first-order valence-corrected chi connectivity index (χ1v) is 13.3. The molecule has 1 unspecified atom stereocenters. The predicted molar refractivity (Wildman–Crippen MR) is 139 cm³/mol. The number of rotatable bonds is 9. The summed E-state index contributed by atoms with van der Waals surface area (Å²) in [6, 6.07) is 14.2. The van der Waals surface area contributed by atoms with Gasteiger partial charge in [0.1, 0.15) is 11.9 Å². The van der Waals surface area contributed by atoms with E-state index in [4.69, 9.17) is 14.6 Å². The van der Waals surface area contributed by atoms with Gasteiger partial charge in [-0.15, -0.1) is 0 Å². The van der Waals surface area contributed by atoms with Crippen molar-refractivity contribution in [3.63, 3.8) is 0 Å². The van der Waals surface area contributed by atoms with Crippen LogP contribution in [0.25, 0.3) is 0 Å². The third-order valence-electron chi connectivity index (χ3n) is 6.37. The van der Waals surface area contributed by atoms with Gasteiger partial charge in [0.15, 0.2) is 11.5 Å². The molecule has 0 radical (unpaired) electrons. The minimum absolute atomic E-state index is 0.0306. The number of methoxy groups -OCH3 is 2. The van der Waals surface area contributed by atoms with Crippen molar-refractivity contribution in [1.82, 2.24) is 4.90 Å². The molecule has 0 aromatic heterocycles. The van der Waals surface area contributed by atoms with Crippen LogP contribution in [0.2, 0.25) is 0 Å². The molecule has 0 spiro atoms. The fourth-order valence-corrected chi connectivity index (χ4v) is 4.87. The topological polar surface area (TPSA) is 136 Å². The molecular formula is C27H26FN3O7S. The predicted octanol–water partition coefficient (Wildman–Crippen LogP) is 2.51. The molecule has 3 amide bonds. The van der Waals surface area contributed by atoms with E-state index in [-0.39, 0.29) is 35.5 Å². The molecule has 10 nitrogen and oxygen atoms in total. The van der Waals surface area contributed by atoms with E-state index in [0.29, 0.717) is 17.1 Å². The van der Waals surface area contributed by atoms with Gasteiger partial charge in [-0.3, -0.25) is 14.4 Å². The first kappa shape index (κ1) is 27.7. The molecule has 1 heterocycles. The first-order valence-electron chi connectivity index (χ1n) is 11.8. The van der Waals surface area contributed by atoms with E-state index < -0.39 is 39.6 Å². The number of carbonyl (C=O) groups is 3. The van der Waals surface area contributed by atoms with Crippen LogP contribution < -0.4 is 19.5 Å². The van der Waals surface area contributed by atoms with Crippen molar-refractivity contribution >= 4 is 33.4 Å². The highest BCUT2D eigenvalue weighted by atomic mass is 32.2. The SMILES string of the molecule is COc1ccc(C(=O)N(CCc2ccc(S(N)(=O)=O)cc2)C2CC(=O)N(c3ccc(F)cc3)C2=O)cc1OC. The minimum Gasteiger partial charge on any atom is -0.493 e. The van der Waals surface area contributed by atoms with Crippen LogP contribution in [0.3, 0.4) is 0 Å². The van der Waals surface area contributed by atoms with E-state index in [1.807, 2.05) is 0 Å². The van der Waals surface area contributed by atoms with Crippen LogP contribution >= 0.6 is 0 Å². The number of imide groups is 1. The number of amides is 3. The molecule has 0 bridgehead atoms. The quantitative estimate of drug-likeness (QED) is 0.401. The Morgan fingerprint density at radius 1 is 1.00 bits per heavy atom. The highest BCUT2D eigenvalue weighted by Crippen LogP contribution is 2.31. The fourth-order valence-electron chi connectivity index (χ4n) is 4.35. The van der Waals surface area contributed by atoms with Crippen molar-refractivity contribution in [2.75, 3.05) is 25.7 Å². The van der Waals surface area contributed by atoms with Crippen LogP contribution in [0, 0.1) is 5.82 Å². The summed E-state index contributed by atoms with van der Waals surface area (Å²) in [5, 5.41) is 5.16. The normalized spacial score (nSPS) is 15.4. The molecule has 2 N–H and O–H groups in total. The molecule has 1 saturated heterocycles. The standard InChI is InChI=1S/C27H26FN3O7S/c1-37-23-12-5-18(15-24(23)38-2)26(33)30(14-13-17-3-10-21(11-4-17)39(29,35)36)22-16-25(32)31(27(22)34)20-8-6-19(28)7-9-20/h3-12,15,22H,13-14,16H2,1-2H3,(H2,29,35,36). The average Bonchev–Trinajstić information content (AvgIpc) is 3.21. The van der Waals surface area contributed by atoms with Crippen LogP contribution in [0.15, 0.2) is 71.6 Å². The number of carbonyl (C=O) groups excluding carboxylic acids is 3. The maximum Gasteiger partial charge on any atom is 0.257 e. The zero-order valence-electron chi connectivity index (χ0n) is 21.2. The number of primary sulfonamides is 1. The Morgan fingerprint density at radius 3 is 2.23 bits per heavy atom. The minimum atomic E-state index is -3.87. The molecule has 204 valence electrons. The fraction of sp³-hybridized carbons (Fsp3) is 0.222. The molecular weight excluding hydrogens is 529 g/mol. The van der Waals surface area contributed by atoms with E-state index in [0.717, 1.165) is 17.0 Å². The molecule has 39 heavy (non-hydrogen) atoms. The molecule has 0 saturated carbocycles. The van der Waals surface area contributed by atoms with Crippen molar-refractivity contribution in [3.05, 3.63) is 83.7 Å². The highest BCUT2D eigenvalue weighted by molar-refractivity contribution is 7.89. The summed E-state index contributed by atoms with van der Waals surface area (Å²) in [4.78, 5) is 42.3. The Labute approximate surface area is 224 Å². The second kappa shape index (κ2) is 11.2. The largest absolute Gasteiger partial charge is 0.493 e. The van der Waals surface area contributed by atoms with E-state index in [2.05, 4.69) is 0 Å². The Hall–Kier alpha value is -4.29. The van der Waals surface area contributed by atoms with Gasteiger partial charge in [-0.05, 0) is 66.6 Å². The van der Waals surface area contributed by atoms with Crippen molar-refractivity contribution in [2.24, 2.45) is 5.14 Å². The Balaban J connectivity index is 1.66. The summed E-state index contributed by atoms with van der Waals surface area (Å²) in [5.41, 5.74) is 1.09. The van der Waals surface area contributed by atoms with Crippen LogP contribution in [0.5, 0.6) is 11.5 Å². The van der Waals surface area contributed by atoms with Crippen LogP contribution in [0.4, 0.5) is 10.1 Å². The summed E-state index contributed by atoms with van der Waals surface area (Å²) < 4.78 is 47.1. The van der Waals surface area contributed by atoms with E-state index in [1.165, 1.54) is 55.5 Å². The van der Waals surface area contributed by atoms with Gasteiger partial charge >= 0.3 is 0 Å². The molecule has 12 heteroatoms. The number of nitrogens with zero attached hydrogens (tertiary/aromatic N) is 2. The average molecular weight is 556 g/mol.